The zero-order valence-electron chi connectivity index (χ0n) is 12.7. The van der Waals surface area contributed by atoms with Crippen molar-refractivity contribution in [1.82, 2.24) is 14.5 Å². The minimum absolute atomic E-state index is 0.133. The van der Waals surface area contributed by atoms with Gasteiger partial charge in [-0.1, -0.05) is 12.1 Å². The highest BCUT2D eigenvalue weighted by molar-refractivity contribution is 5.81. The van der Waals surface area contributed by atoms with Crippen LogP contribution in [0.25, 0.3) is 10.9 Å². The fraction of sp³-hybridized carbons (Fsp3) is 0.375. The molecular formula is C16H17N3O4. The second kappa shape index (κ2) is 5.49. The fourth-order valence-corrected chi connectivity index (χ4v) is 2.81. The van der Waals surface area contributed by atoms with Crippen LogP contribution in [0.4, 0.5) is 0 Å². The standard InChI is InChI=1S/C16H17N3O4/c1-16(15(22)23)6-7-18(9-16)13(20)8-19-10-17-12-5-3-2-4-11(12)14(19)21/h2-5,10H,6-9H2,1H3,(H,22,23). The molecule has 2 aromatic rings. The van der Waals surface area contributed by atoms with Crippen LogP contribution in [-0.4, -0.2) is 44.5 Å². The number of aromatic nitrogens is 2. The highest BCUT2D eigenvalue weighted by Gasteiger charge is 2.42. The van der Waals surface area contributed by atoms with Crippen molar-refractivity contribution < 1.29 is 14.7 Å². The van der Waals surface area contributed by atoms with Crippen LogP contribution in [0.2, 0.25) is 0 Å². The highest BCUT2D eigenvalue weighted by Crippen LogP contribution is 2.30. The van der Waals surface area contributed by atoms with Gasteiger partial charge in [-0.3, -0.25) is 19.0 Å². The number of carbonyl (C=O) groups excluding carboxylic acids is 1. The number of carboxylic acids is 1. The summed E-state index contributed by atoms with van der Waals surface area (Å²) in [5.74, 6) is -1.17. The lowest BCUT2D eigenvalue weighted by molar-refractivity contribution is -0.147. The highest BCUT2D eigenvalue weighted by atomic mass is 16.4. The number of hydrogen-bond acceptors (Lipinski definition) is 4. The number of nitrogens with zero attached hydrogens (tertiary/aromatic N) is 3. The molecule has 1 aromatic carbocycles. The molecule has 1 fully saturated rings. The van der Waals surface area contributed by atoms with Crippen LogP contribution < -0.4 is 5.56 Å². The van der Waals surface area contributed by atoms with Gasteiger partial charge in [-0.2, -0.15) is 0 Å². The van der Waals surface area contributed by atoms with Gasteiger partial charge in [0.1, 0.15) is 6.54 Å². The maximum atomic E-state index is 12.4. The first-order valence-electron chi connectivity index (χ1n) is 7.36. The number of benzene rings is 1. The summed E-state index contributed by atoms with van der Waals surface area (Å²) in [5, 5.41) is 9.68. The topological polar surface area (TPSA) is 92.5 Å². The number of rotatable bonds is 3. The number of para-hydroxylation sites is 1. The van der Waals surface area contributed by atoms with E-state index in [9.17, 15) is 19.5 Å². The third kappa shape index (κ3) is 2.69. The number of carbonyl (C=O) groups is 2. The van der Waals surface area contributed by atoms with Gasteiger partial charge in [-0.15, -0.1) is 0 Å². The fourth-order valence-electron chi connectivity index (χ4n) is 2.81. The van der Waals surface area contributed by atoms with Crippen molar-refractivity contribution >= 4 is 22.8 Å². The van der Waals surface area contributed by atoms with Crippen LogP contribution in [0.3, 0.4) is 0 Å². The Morgan fingerprint density at radius 2 is 2.09 bits per heavy atom. The van der Waals surface area contributed by atoms with Gasteiger partial charge in [-0.25, -0.2) is 4.98 Å². The van der Waals surface area contributed by atoms with Crippen LogP contribution in [0.1, 0.15) is 13.3 Å². The molecule has 1 atom stereocenters. The van der Waals surface area contributed by atoms with Crippen molar-refractivity contribution in [3.8, 4) is 0 Å². The first-order valence-corrected chi connectivity index (χ1v) is 7.36. The smallest absolute Gasteiger partial charge is 0.311 e. The summed E-state index contributed by atoms with van der Waals surface area (Å²) < 4.78 is 1.26. The molecule has 2 heterocycles. The summed E-state index contributed by atoms with van der Waals surface area (Å²) in [6.45, 7) is 2.05. The largest absolute Gasteiger partial charge is 0.481 e. The monoisotopic (exact) mass is 315 g/mol. The first kappa shape index (κ1) is 15.2. The molecule has 0 bridgehead atoms. The summed E-state index contributed by atoms with van der Waals surface area (Å²) in [5.41, 5.74) is -0.604. The molecule has 1 amide bonds. The third-order valence-electron chi connectivity index (χ3n) is 4.38. The van der Waals surface area contributed by atoms with E-state index in [4.69, 9.17) is 0 Å². The van der Waals surface area contributed by atoms with Gasteiger partial charge in [0.2, 0.25) is 5.91 Å². The van der Waals surface area contributed by atoms with Crippen LogP contribution in [0, 0.1) is 5.41 Å². The third-order valence-corrected chi connectivity index (χ3v) is 4.38. The van der Waals surface area contributed by atoms with Gasteiger partial charge >= 0.3 is 5.97 Å². The Morgan fingerprint density at radius 3 is 2.78 bits per heavy atom. The van der Waals surface area contributed by atoms with E-state index >= 15 is 0 Å². The maximum absolute atomic E-state index is 12.4. The van der Waals surface area contributed by atoms with Crippen LogP contribution in [0.5, 0.6) is 0 Å². The van der Waals surface area contributed by atoms with Crippen LogP contribution in [0.15, 0.2) is 35.4 Å². The zero-order valence-corrected chi connectivity index (χ0v) is 12.7. The predicted octanol–water partition coefficient (Wildman–Crippen LogP) is 0.720. The number of likely N-dealkylation sites (tertiary alicyclic amines) is 1. The minimum Gasteiger partial charge on any atom is -0.481 e. The van der Waals surface area contributed by atoms with Crippen molar-refractivity contribution in [2.45, 2.75) is 19.9 Å². The molecule has 3 rings (SSSR count). The molecule has 0 radical (unpaired) electrons. The second-order valence-corrected chi connectivity index (χ2v) is 6.13. The molecule has 1 saturated heterocycles. The molecule has 1 aliphatic heterocycles. The average Bonchev–Trinajstić information content (AvgIpc) is 2.94. The number of fused-ring (bicyclic) bond motifs is 1. The normalized spacial score (nSPS) is 20.8. The van der Waals surface area contributed by atoms with E-state index in [1.165, 1.54) is 15.8 Å². The molecule has 23 heavy (non-hydrogen) atoms. The minimum atomic E-state index is -0.914. The molecular weight excluding hydrogens is 298 g/mol. The zero-order chi connectivity index (χ0) is 16.6. The Labute approximate surface area is 132 Å². The molecule has 1 aliphatic rings. The quantitative estimate of drug-likeness (QED) is 0.901. The maximum Gasteiger partial charge on any atom is 0.311 e. The van der Waals surface area contributed by atoms with Crippen molar-refractivity contribution in [2.75, 3.05) is 13.1 Å². The molecule has 0 saturated carbocycles. The van der Waals surface area contributed by atoms with E-state index in [1.807, 2.05) is 0 Å². The molecule has 7 heteroatoms. The van der Waals surface area contributed by atoms with E-state index in [-0.39, 0.29) is 24.6 Å². The van der Waals surface area contributed by atoms with Gasteiger partial charge in [0.05, 0.1) is 22.6 Å². The number of hydrogen-bond donors (Lipinski definition) is 1. The summed E-state index contributed by atoms with van der Waals surface area (Å²) >= 11 is 0. The Hall–Kier alpha value is -2.70. The molecule has 1 aromatic heterocycles. The lowest BCUT2D eigenvalue weighted by Crippen LogP contribution is -2.38. The lowest BCUT2D eigenvalue weighted by atomic mass is 9.90. The van der Waals surface area contributed by atoms with Gasteiger partial charge in [0.15, 0.2) is 0 Å². The Morgan fingerprint density at radius 1 is 1.35 bits per heavy atom. The number of aliphatic carboxylic acids is 1. The number of amides is 1. The molecule has 1 N–H and O–H groups in total. The van der Waals surface area contributed by atoms with Crippen LogP contribution in [-0.2, 0) is 16.1 Å². The molecule has 120 valence electrons. The Bertz CT molecular complexity index is 845. The van der Waals surface area contributed by atoms with Gasteiger partial charge in [0, 0.05) is 13.1 Å². The van der Waals surface area contributed by atoms with Gasteiger partial charge in [0.25, 0.3) is 5.56 Å². The predicted molar refractivity (Wildman–Crippen MR) is 82.9 cm³/mol. The Balaban J connectivity index is 1.80. The van der Waals surface area contributed by atoms with Crippen molar-refractivity contribution in [1.29, 1.82) is 0 Å². The molecule has 0 aliphatic carbocycles. The van der Waals surface area contributed by atoms with E-state index in [2.05, 4.69) is 4.98 Å². The molecule has 0 spiro atoms. The van der Waals surface area contributed by atoms with E-state index < -0.39 is 11.4 Å². The van der Waals surface area contributed by atoms with E-state index in [0.29, 0.717) is 23.9 Å². The number of carboxylic acid groups (broad SMARTS) is 1. The Kier molecular flexibility index (Phi) is 3.63. The van der Waals surface area contributed by atoms with Crippen LogP contribution >= 0.6 is 0 Å². The first-order chi connectivity index (χ1) is 10.9. The van der Waals surface area contributed by atoms with Gasteiger partial charge in [-0.05, 0) is 25.5 Å². The SMILES string of the molecule is CC1(C(=O)O)CCN(C(=O)Cn2cnc3ccccc3c2=O)C1. The average molecular weight is 315 g/mol. The van der Waals surface area contributed by atoms with Gasteiger partial charge < -0.3 is 10.0 Å². The van der Waals surface area contributed by atoms with E-state index in [1.54, 1.807) is 31.2 Å². The van der Waals surface area contributed by atoms with E-state index in [0.717, 1.165) is 0 Å². The summed E-state index contributed by atoms with van der Waals surface area (Å²) in [6.07, 6.45) is 1.77. The van der Waals surface area contributed by atoms with Crippen molar-refractivity contribution in [3.63, 3.8) is 0 Å². The summed E-state index contributed by atoms with van der Waals surface area (Å²) in [7, 11) is 0. The summed E-state index contributed by atoms with van der Waals surface area (Å²) in [6, 6.07) is 6.95. The molecule has 7 nitrogen and oxygen atoms in total. The summed E-state index contributed by atoms with van der Waals surface area (Å²) in [4.78, 5) is 41.7. The molecule has 1 unspecified atom stereocenters. The van der Waals surface area contributed by atoms with Crippen molar-refractivity contribution in [3.05, 3.63) is 40.9 Å². The second-order valence-electron chi connectivity index (χ2n) is 6.13. The lowest BCUT2D eigenvalue weighted by Gasteiger charge is -2.20. The van der Waals surface area contributed by atoms with Crippen molar-refractivity contribution in [2.24, 2.45) is 5.41 Å².